The number of hydrogen-bond acceptors (Lipinski definition) is 2. The molecule has 3 aliphatic carbocycles. The number of carbonyl (C=O) groups is 1. The summed E-state index contributed by atoms with van der Waals surface area (Å²) in [5.74, 6) is 3.23. The lowest BCUT2D eigenvalue weighted by Gasteiger charge is -2.59. The Morgan fingerprint density at radius 2 is 2.04 bits per heavy atom. The monoisotopic (exact) mass is 378 g/mol. The number of fused-ring (bicyclic) bond motifs is 5. The minimum absolute atomic E-state index is 0.288. The van der Waals surface area contributed by atoms with E-state index in [1.165, 1.54) is 44.1 Å². The minimum Gasteiger partial charge on any atom is -0.356 e. The molecule has 28 heavy (non-hydrogen) atoms. The van der Waals surface area contributed by atoms with E-state index >= 15 is 0 Å². The summed E-state index contributed by atoms with van der Waals surface area (Å²) >= 11 is 0. The van der Waals surface area contributed by atoms with Crippen LogP contribution in [0.2, 0.25) is 0 Å². The molecule has 1 aromatic rings. The van der Waals surface area contributed by atoms with Crippen LogP contribution in [0.3, 0.4) is 0 Å². The van der Waals surface area contributed by atoms with E-state index in [1.807, 2.05) is 6.20 Å². The van der Waals surface area contributed by atoms with E-state index in [-0.39, 0.29) is 5.91 Å². The zero-order valence-corrected chi connectivity index (χ0v) is 17.4. The van der Waals surface area contributed by atoms with Crippen LogP contribution in [0.4, 0.5) is 0 Å². The summed E-state index contributed by atoms with van der Waals surface area (Å²) in [6.07, 6.45) is 16.0. The van der Waals surface area contributed by atoms with Gasteiger partial charge in [-0.25, -0.2) is 0 Å². The minimum atomic E-state index is 0.288. The molecule has 3 nitrogen and oxygen atoms in total. The Kier molecular flexibility index (Phi) is 4.41. The Morgan fingerprint density at radius 3 is 2.86 bits per heavy atom. The maximum Gasteiger partial charge on any atom is 0.220 e. The van der Waals surface area contributed by atoms with Gasteiger partial charge in [0.2, 0.25) is 5.91 Å². The Balaban J connectivity index is 1.44. The number of nitrogens with zero attached hydrogens (tertiary/aromatic N) is 1. The van der Waals surface area contributed by atoms with Crippen LogP contribution in [-0.2, 0) is 4.79 Å². The zero-order chi connectivity index (χ0) is 19.4. The molecule has 1 saturated heterocycles. The van der Waals surface area contributed by atoms with Gasteiger partial charge in [-0.1, -0.05) is 26.0 Å². The van der Waals surface area contributed by atoms with E-state index in [9.17, 15) is 4.79 Å². The number of amides is 1. The Morgan fingerprint density at radius 1 is 1.14 bits per heavy atom. The van der Waals surface area contributed by atoms with Crippen LogP contribution >= 0.6 is 0 Å². The average molecular weight is 379 g/mol. The Bertz CT molecular complexity index is 787. The van der Waals surface area contributed by atoms with Crippen LogP contribution in [0, 0.1) is 34.5 Å². The van der Waals surface area contributed by atoms with Gasteiger partial charge in [-0.15, -0.1) is 0 Å². The number of allylic oxidation sites excluding steroid dienone is 2. The standard InChI is InChI=1S/C25H34N2O/c1-24-11-4-14-27-23(28)15-18(24)6-7-19-21-9-8-20(17-5-3-13-26-16-17)25(21,2)12-10-22(19)24/h3,5,8,13,16,18-19,21-22H,4,6-7,9-12,14-15H2,1-2H3,(H,27,28). The van der Waals surface area contributed by atoms with Crippen LogP contribution in [0.25, 0.3) is 5.57 Å². The number of pyridine rings is 1. The highest BCUT2D eigenvalue weighted by atomic mass is 16.1. The summed E-state index contributed by atoms with van der Waals surface area (Å²) in [6, 6.07) is 4.31. The molecule has 1 aliphatic heterocycles. The van der Waals surface area contributed by atoms with E-state index in [0.29, 0.717) is 16.7 Å². The maximum absolute atomic E-state index is 12.3. The number of hydrogen-bond donors (Lipinski definition) is 1. The van der Waals surface area contributed by atoms with E-state index in [1.54, 1.807) is 5.57 Å². The highest BCUT2D eigenvalue weighted by Gasteiger charge is 2.57. The van der Waals surface area contributed by atoms with Crippen molar-refractivity contribution >= 4 is 11.5 Å². The summed E-state index contributed by atoms with van der Waals surface area (Å²) in [5, 5.41) is 3.12. The number of aromatic nitrogens is 1. The van der Waals surface area contributed by atoms with Crippen LogP contribution in [-0.4, -0.2) is 17.4 Å². The summed E-state index contributed by atoms with van der Waals surface area (Å²) < 4.78 is 0. The quantitative estimate of drug-likeness (QED) is 0.727. The highest BCUT2D eigenvalue weighted by molar-refractivity contribution is 5.76. The fourth-order valence-corrected chi connectivity index (χ4v) is 7.79. The van der Waals surface area contributed by atoms with Gasteiger partial charge in [0.15, 0.2) is 0 Å². The first kappa shape index (κ1) is 18.4. The second-order valence-corrected chi connectivity index (χ2v) is 10.4. The molecule has 6 atom stereocenters. The second-order valence-electron chi connectivity index (χ2n) is 10.4. The third-order valence-corrected chi connectivity index (χ3v) is 9.26. The van der Waals surface area contributed by atoms with Crippen molar-refractivity contribution in [3.63, 3.8) is 0 Å². The van der Waals surface area contributed by atoms with E-state index in [2.05, 4.69) is 48.6 Å². The van der Waals surface area contributed by atoms with Gasteiger partial charge in [-0.2, -0.15) is 0 Å². The summed E-state index contributed by atoms with van der Waals surface area (Å²) in [4.78, 5) is 16.7. The lowest BCUT2D eigenvalue weighted by molar-refractivity contribution is -0.130. The predicted octanol–water partition coefficient (Wildman–Crippen LogP) is 5.23. The fraction of sp³-hybridized carbons (Fsp3) is 0.680. The number of nitrogens with one attached hydrogen (secondary N) is 1. The Labute approximate surface area is 169 Å². The van der Waals surface area contributed by atoms with Crippen molar-refractivity contribution in [1.82, 2.24) is 10.3 Å². The van der Waals surface area contributed by atoms with Crippen molar-refractivity contribution in [1.29, 1.82) is 0 Å². The van der Waals surface area contributed by atoms with Crippen LogP contribution in [0.15, 0.2) is 30.6 Å². The molecule has 2 saturated carbocycles. The molecule has 0 aromatic carbocycles. The summed E-state index contributed by atoms with van der Waals surface area (Å²) in [7, 11) is 0. The van der Waals surface area contributed by atoms with Gasteiger partial charge in [-0.05, 0) is 96.7 Å². The molecule has 6 unspecified atom stereocenters. The van der Waals surface area contributed by atoms with Crippen molar-refractivity contribution in [2.24, 2.45) is 34.5 Å². The van der Waals surface area contributed by atoms with Gasteiger partial charge in [0.05, 0.1) is 0 Å². The second kappa shape index (κ2) is 6.71. The molecule has 150 valence electrons. The SMILES string of the molecule is CC12CCC3C(CCC4CC(=O)NCCCC43C)C1CC=C2c1cccnc1. The molecule has 0 spiro atoms. The molecular formula is C25H34N2O. The van der Waals surface area contributed by atoms with E-state index in [0.717, 1.165) is 37.1 Å². The number of rotatable bonds is 1. The molecule has 0 radical (unpaired) electrons. The van der Waals surface area contributed by atoms with Gasteiger partial charge in [0, 0.05) is 25.4 Å². The third-order valence-electron chi connectivity index (χ3n) is 9.26. The third kappa shape index (κ3) is 2.69. The Hall–Kier alpha value is -1.64. The highest BCUT2D eigenvalue weighted by Crippen LogP contribution is 2.66. The van der Waals surface area contributed by atoms with Crippen LogP contribution in [0.5, 0.6) is 0 Å². The number of carbonyl (C=O) groups excluding carboxylic acids is 1. The molecule has 1 amide bonds. The first-order valence-corrected chi connectivity index (χ1v) is 11.4. The largest absolute Gasteiger partial charge is 0.356 e. The molecule has 1 N–H and O–H groups in total. The molecule has 0 bridgehead atoms. The van der Waals surface area contributed by atoms with Crippen LogP contribution in [0.1, 0.15) is 70.8 Å². The lowest BCUT2D eigenvalue weighted by Crippen LogP contribution is -2.53. The molecular weight excluding hydrogens is 344 g/mol. The predicted molar refractivity (Wildman–Crippen MR) is 112 cm³/mol. The van der Waals surface area contributed by atoms with Crippen molar-refractivity contribution in [3.05, 3.63) is 36.2 Å². The zero-order valence-electron chi connectivity index (χ0n) is 17.4. The molecule has 4 aliphatic rings. The summed E-state index contributed by atoms with van der Waals surface area (Å²) in [5.41, 5.74) is 3.52. The van der Waals surface area contributed by atoms with Crippen molar-refractivity contribution in [3.8, 4) is 0 Å². The molecule has 2 heterocycles. The summed E-state index contributed by atoms with van der Waals surface area (Å²) in [6.45, 7) is 5.94. The normalized spacial score (nSPS) is 42.9. The van der Waals surface area contributed by atoms with Gasteiger partial charge in [0.1, 0.15) is 0 Å². The molecule has 1 aromatic heterocycles. The molecule has 3 heteroatoms. The fourth-order valence-electron chi connectivity index (χ4n) is 7.79. The van der Waals surface area contributed by atoms with Gasteiger partial charge in [0.25, 0.3) is 0 Å². The van der Waals surface area contributed by atoms with Crippen molar-refractivity contribution < 1.29 is 4.79 Å². The van der Waals surface area contributed by atoms with Crippen LogP contribution < -0.4 is 5.32 Å². The lowest BCUT2D eigenvalue weighted by atomic mass is 9.45. The average Bonchev–Trinajstić information content (AvgIpc) is 3.04. The van der Waals surface area contributed by atoms with Gasteiger partial charge in [-0.3, -0.25) is 9.78 Å². The first-order chi connectivity index (χ1) is 13.5. The maximum atomic E-state index is 12.3. The van der Waals surface area contributed by atoms with E-state index < -0.39 is 0 Å². The molecule has 3 fully saturated rings. The van der Waals surface area contributed by atoms with Crippen molar-refractivity contribution in [2.75, 3.05) is 6.54 Å². The van der Waals surface area contributed by atoms with Crippen molar-refractivity contribution in [2.45, 2.75) is 65.2 Å². The topological polar surface area (TPSA) is 42.0 Å². The smallest absolute Gasteiger partial charge is 0.220 e. The van der Waals surface area contributed by atoms with Gasteiger partial charge < -0.3 is 5.32 Å². The van der Waals surface area contributed by atoms with E-state index in [4.69, 9.17) is 0 Å². The molecule has 5 rings (SSSR count). The first-order valence-electron chi connectivity index (χ1n) is 11.4. The van der Waals surface area contributed by atoms with Gasteiger partial charge >= 0.3 is 0 Å².